The van der Waals surface area contributed by atoms with Gasteiger partial charge in [0.15, 0.2) is 5.96 Å². The first-order chi connectivity index (χ1) is 14.5. The van der Waals surface area contributed by atoms with E-state index in [0.717, 1.165) is 29.0 Å². The van der Waals surface area contributed by atoms with Crippen molar-refractivity contribution in [2.45, 2.75) is 53.0 Å². The van der Waals surface area contributed by atoms with Crippen molar-refractivity contribution >= 4 is 5.96 Å². The molecule has 1 aliphatic rings. The Morgan fingerprint density at radius 1 is 1.23 bits per heavy atom. The lowest BCUT2D eigenvalue weighted by Gasteiger charge is -2.15. The number of ether oxygens (including phenoxy) is 2. The molecule has 0 aliphatic carbocycles. The molecule has 2 aromatic rings. The smallest absolute Gasteiger partial charge is 0.191 e. The van der Waals surface area contributed by atoms with Gasteiger partial charge < -0.3 is 25.2 Å². The number of nitrogens with one attached hydrogen (secondary N) is 2. The van der Waals surface area contributed by atoms with Crippen LogP contribution in [0.4, 0.5) is 4.39 Å². The molecule has 0 radical (unpaired) electrons. The molecular weight excluding hydrogens is 385 g/mol. The SMILES string of the molecule is CCNC(=NCc1ccc(F)c(CO)c1)NCc1cc2c(cc1OCC)CC(C)O2. The zero-order chi connectivity index (χ0) is 21.5. The molecule has 1 aliphatic heterocycles. The molecule has 3 rings (SSSR count). The van der Waals surface area contributed by atoms with Gasteiger partial charge in [-0.05, 0) is 50.6 Å². The summed E-state index contributed by atoms with van der Waals surface area (Å²) in [7, 11) is 0. The van der Waals surface area contributed by atoms with E-state index in [9.17, 15) is 9.50 Å². The quantitative estimate of drug-likeness (QED) is 0.456. The fourth-order valence-electron chi connectivity index (χ4n) is 3.45. The predicted molar refractivity (Wildman–Crippen MR) is 115 cm³/mol. The molecular formula is C23H30FN3O3. The Bertz CT molecular complexity index is 902. The Kier molecular flexibility index (Phi) is 7.52. The van der Waals surface area contributed by atoms with Crippen LogP contribution in [0.5, 0.6) is 11.5 Å². The van der Waals surface area contributed by atoms with Crippen LogP contribution in [0.2, 0.25) is 0 Å². The Balaban J connectivity index is 1.73. The maximum Gasteiger partial charge on any atom is 0.191 e. The molecule has 0 fully saturated rings. The molecule has 0 saturated heterocycles. The zero-order valence-corrected chi connectivity index (χ0v) is 17.8. The number of nitrogens with zero attached hydrogens (tertiary/aromatic N) is 1. The van der Waals surface area contributed by atoms with Gasteiger partial charge in [0.1, 0.15) is 23.4 Å². The molecule has 3 N–H and O–H groups in total. The molecule has 0 bridgehead atoms. The van der Waals surface area contributed by atoms with Gasteiger partial charge in [0.05, 0.1) is 19.8 Å². The van der Waals surface area contributed by atoms with Crippen LogP contribution in [0.3, 0.4) is 0 Å². The van der Waals surface area contributed by atoms with E-state index in [-0.39, 0.29) is 18.3 Å². The minimum Gasteiger partial charge on any atom is -0.494 e. The van der Waals surface area contributed by atoms with Gasteiger partial charge >= 0.3 is 0 Å². The van der Waals surface area contributed by atoms with Crippen molar-refractivity contribution in [1.82, 2.24) is 10.6 Å². The second-order valence-corrected chi connectivity index (χ2v) is 7.27. The van der Waals surface area contributed by atoms with Gasteiger partial charge in [0.2, 0.25) is 0 Å². The van der Waals surface area contributed by atoms with Crippen LogP contribution in [0, 0.1) is 5.82 Å². The van der Waals surface area contributed by atoms with Crippen molar-refractivity contribution in [3.63, 3.8) is 0 Å². The number of guanidine groups is 1. The monoisotopic (exact) mass is 415 g/mol. The summed E-state index contributed by atoms with van der Waals surface area (Å²) in [5, 5.41) is 15.8. The zero-order valence-electron chi connectivity index (χ0n) is 17.8. The minimum atomic E-state index is -0.410. The fourth-order valence-corrected chi connectivity index (χ4v) is 3.45. The molecule has 1 unspecified atom stereocenters. The number of aliphatic imine (C=N–C) groups is 1. The summed E-state index contributed by atoms with van der Waals surface area (Å²) in [6.07, 6.45) is 1.07. The van der Waals surface area contributed by atoms with E-state index in [0.29, 0.717) is 32.2 Å². The summed E-state index contributed by atoms with van der Waals surface area (Å²) in [5.41, 5.74) is 3.27. The lowest BCUT2D eigenvalue weighted by molar-refractivity contribution is 0.254. The molecule has 7 heteroatoms. The Morgan fingerprint density at radius 3 is 2.80 bits per heavy atom. The molecule has 0 aromatic heterocycles. The van der Waals surface area contributed by atoms with Crippen molar-refractivity contribution in [1.29, 1.82) is 0 Å². The molecule has 162 valence electrons. The summed E-state index contributed by atoms with van der Waals surface area (Å²) in [6.45, 7) is 7.89. The third-order valence-corrected chi connectivity index (χ3v) is 4.87. The summed E-state index contributed by atoms with van der Waals surface area (Å²) in [4.78, 5) is 4.58. The Labute approximate surface area is 177 Å². The topological polar surface area (TPSA) is 75.1 Å². The number of hydrogen-bond acceptors (Lipinski definition) is 4. The van der Waals surface area contributed by atoms with Crippen molar-refractivity contribution < 1.29 is 19.0 Å². The first kappa shape index (κ1) is 21.9. The van der Waals surface area contributed by atoms with Crippen molar-refractivity contribution in [3.8, 4) is 11.5 Å². The first-order valence-corrected chi connectivity index (χ1v) is 10.4. The number of aliphatic hydroxyl groups is 1. The maximum atomic E-state index is 13.6. The van der Waals surface area contributed by atoms with Crippen LogP contribution in [-0.4, -0.2) is 30.3 Å². The van der Waals surface area contributed by atoms with Crippen LogP contribution in [0.15, 0.2) is 35.3 Å². The third-order valence-electron chi connectivity index (χ3n) is 4.87. The molecule has 0 spiro atoms. The van der Waals surface area contributed by atoms with Gasteiger partial charge in [-0.15, -0.1) is 0 Å². The predicted octanol–water partition coefficient (Wildman–Crippen LogP) is 3.30. The number of fused-ring (bicyclic) bond motifs is 1. The highest BCUT2D eigenvalue weighted by atomic mass is 19.1. The van der Waals surface area contributed by atoms with Gasteiger partial charge in [-0.2, -0.15) is 0 Å². The van der Waals surface area contributed by atoms with Crippen molar-refractivity contribution in [2.75, 3.05) is 13.2 Å². The van der Waals surface area contributed by atoms with Gasteiger partial charge in [-0.1, -0.05) is 6.07 Å². The highest BCUT2D eigenvalue weighted by Gasteiger charge is 2.22. The molecule has 6 nitrogen and oxygen atoms in total. The van der Waals surface area contributed by atoms with Crippen LogP contribution in [0.25, 0.3) is 0 Å². The number of halogens is 1. The van der Waals surface area contributed by atoms with Crippen LogP contribution >= 0.6 is 0 Å². The third kappa shape index (κ3) is 5.42. The standard InChI is InChI=1S/C23H30FN3O3/c1-4-25-23(26-12-16-6-7-20(24)19(9-16)14-28)27-13-18-11-22-17(8-15(3)30-22)10-21(18)29-5-2/h6-7,9-11,15,28H,4-5,8,12-14H2,1-3H3,(H2,25,26,27). The summed E-state index contributed by atoms with van der Waals surface area (Å²) < 4.78 is 25.3. The van der Waals surface area contributed by atoms with E-state index < -0.39 is 5.82 Å². The lowest BCUT2D eigenvalue weighted by Crippen LogP contribution is -2.36. The first-order valence-electron chi connectivity index (χ1n) is 10.4. The number of benzene rings is 2. The summed E-state index contributed by atoms with van der Waals surface area (Å²) >= 11 is 0. The van der Waals surface area contributed by atoms with Gasteiger partial charge in [0.25, 0.3) is 0 Å². The summed E-state index contributed by atoms with van der Waals surface area (Å²) in [6, 6.07) is 8.77. The van der Waals surface area contributed by atoms with Crippen molar-refractivity contribution in [3.05, 3.63) is 58.4 Å². The van der Waals surface area contributed by atoms with E-state index in [4.69, 9.17) is 9.47 Å². The molecule has 1 atom stereocenters. The second-order valence-electron chi connectivity index (χ2n) is 7.27. The van der Waals surface area contributed by atoms with E-state index in [1.807, 2.05) is 19.9 Å². The van der Waals surface area contributed by atoms with E-state index in [1.54, 1.807) is 12.1 Å². The molecule has 0 saturated carbocycles. The van der Waals surface area contributed by atoms with Crippen LogP contribution < -0.4 is 20.1 Å². The Hall–Kier alpha value is -2.80. The Morgan fingerprint density at radius 2 is 2.07 bits per heavy atom. The highest BCUT2D eigenvalue weighted by molar-refractivity contribution is 5.79. The lowest BCUT2D eigenvalue weighted by atomic mass is 10.1. The number of hydrogen-bond donors (Lipinski definition) is 3. The van der Waals surface area contributed by atoms with Crippen LogP contribution in [-0.2, 0) is 26.1 Å². The van der Waals surface area contributed by atoms with Gasteiger partial charge in [-0.25, -0.2) is 9.38 Å². The van der Waals surface area contributed by atoms with Crippen LogP contribution in [0.1, 0.15) is 43.0 Å². The average molecular weight is 416 g/mol. The van der Waals surface area contributed by atoms with Crippen molar-refractivity contribution in [2.24, 2.45) is 4.99 Å². The maximum absolute atomic E-state index is 13.6. The number of aliphatic hydroxyl groups excluding tert-OH is 1. The largest absolute Gasteiger partial charge is 0.494 e. The van der Waals surface area contributed by atoms with E-state index in [1.165, 1.54) is 11.6 Å². The second kappa shape index (κ2) is 10.3. The minimum absolute atomic E-state index is 0.177. The average Bonchev–Trinajstić information content (AvgIpc) is 3.10. The molecule has 30 heavy (non-hydrogen) atoms. The van der Waals surface area contributed by atoms with E-state index in [2.05, 4.69) is 28.6 Å². The molecule has 0 amide bonds. The van der Waals surface area contributed by atoms with E-state index >= 15 is 0 Å². The normalized spacial score (nSPS) is 15.5. The summed E-state index contributed by atoms with van der Waals surface area (Å²) in [5.74, 6) is 1.99. The molecule has 1 heterocycles. The molecule has 2 aromatic carbocycles. The fraction of sp³-hybridized carbons (Fsp3) is 0.435. The number of rotatable bonds is 8. The highest BCUT2D eigenvalue weighted by Crippen LogP contribution is 2.35. The van der Waals surface area contributed by atoms with Gasteiger partial charge in [0, 0.05) is 36.2 Å². The van der Waals surface area contributed by atoms with Gasteiger partial charge in [-0.3, -0.25) is 0 Å².